The molecule has 0 atom stereocenters. The van der Waals surface area contributed by atoms with Gasteiger partial charge < -0.3 is 10.4 Å². The maximum absolute atomic E-state index is 12.0. The molecule has 0 radical (unpaired) electrons. The monoisotopic (exact) mass is 307 g/mol. The van der Waals surface area contributed by atoms with Gasteiger partial charge in [0.2, 0.25) is 5.91 Å². The number of rotatable bonds is 7. The molecule has 1 aromatic heterocycles. The van der Waals surface area contributed by atoms with Crippen molar-refractivity contribution in [1.29, 1.82) is 5.26 Å². The van der Waals surface area contributed by atoms with Gasteiger partial charge in [-0.3, -0.25) is 14.5 Å². The number of hydrogen-bond donors (Lipinski definition) is 2. The van der Waals surface area contributed by atoms with Crippen molar-refractivity contribution in [2.24, 2.45) is 0 Å². The normalized spacial score (nSPS) is 10.2. The van der Waals surface area contributed by atoms with E-state index in [0.29, 0.717) is 17.1 Å². The highest BCUT2D eigenvalue weighted by Crippen LogP contribution is 2.31. The number of nitriles is 1. The third-order valence-electron chi connectivity index (χ3n) is 2.86. The van der Waals surface area contributed by atoms with E-state index in [1.54, 1.807) is 0 Å². The number of carbonyl (C=O) groups is 2. The molecule has 0 aliphatic rings. The lowest BCUT2D eigenvalue weighted by atomic mass is 10.2. The van der Waals surface area contributed by atoms with E-state index in [1.165, 1.54) is 22.3 Å². The van der Waals surface area contributed by atoms with Crippen LogP contribution in [0.3, 0.4) is 0 Å². The van der Waals surface area contributed by atoms with E-state index in [-0.39, 0.29) is 19.0 Å². The maximum atomic E-state index is 12.0. The lowest BCUT2D eigenvalue weighted by Gasteiger charge is -2.17. The highest BCUT2D eigenvalue weighted by molar-refractivity contribution is 7.16. The zero-order valence-electron chi connectivity index (χ0n) is 12.0. The van der Waals surface area contributed by atoms with Gasteiger partial charge in [-0.05, 0) is 19.4 Å². The van der Waals surface area contributed by atoms with E-state index >= 15 is 0 Å². The van der Waals surface area contributed by atoms with Crippen LogP contribution in [0.15, 0.2) is 12.7 Å². The summed E-state index contributed by atoms with van der Waals surface area (Å²) in [5, 5.41) is 21.1. The minimum absolute atomic E-state index is 0.0703. The number of anilines is 1. The van der Waals surface area contributed by atoms with Crippen LogP contribution >= 0.6 is 11.3 Å². The van der Waals surface area contributed by atoms with Crippen LogP contribution in [0.2, 0.25) is 0 Å². The number of carboxylic acids is 1. The fourth-order valence-electron chi connectivity index (χ4n) is 1.78. The number of carboxylic acid groups (broad SMARTS) is 1. The third kappa shape index (κ3) is 4.70. The van der Waals surface area contributed by atoms with Crippen LogP contribution in [-0.4, -0.2) is 41.5 Å². The van der Waals surface area contributed by atoms with Gasteiger partial charge in [0.1, 0.15) is 11.1 Å². The number of hydrogen-bond acceptors (Lipinski definition) is 5. The van der Waals surface area contributed by atoms with Crippen LogP contribution in [-0.2, 0) is 9.59 Å². The summed E-state index contributed by atoms with van der Waals surface area (Å²) in [4.78, 5) is 25.1. The van der Waals surface area contributed by atoms with Crippen LogP contribution < -0.4 is 5.32 Å². The van der Waals surface area contributed by atoms with Crippen molar-refractivity contribution in [1.82, 2.24) is 4.90 Å². The molecule has 0 saturated carbocycles. The molecule has 112 valence electrons. The average molecular weight is 307 g/mol. The quantitative estimate of drug-likeness (QED) is 0.748. The van der Waals surface area contributed by atoms with Crippen molar-refractivity contribution >= 4 is 28.2 Å². The number of nitrogens with one attached hydrogen (secondary N) is 1. The van der Waals surface area contributed by atoms with Crippen LogP contribution in [0, 0.1) is 25.2 Å². The Morgan fingerprint density at radius 1 is 1.48 bits per heavy atom. The Kier molecular flexibility index (Phi) is 6.09. The standard InChI is InChI=1S/C14H17N3O3S/c1-4-5-17(8-13(19)20)7-12(18)16-14-11(6-15)9(2)10(3)21-14/h4H,1,5,7-8H2,2-3H3,(H,16,18)(H,19,20). The van der Waals surface area contributed by atoms with Gasteiger partial charge in [0.25, 0.3) is 0 Å². The Hall–Kier alpha value is -2.17. The number of carbonyl (C=O) groups excluding carboxylic acids is 1. The van der Waals surface area contributed by atoms with E-state index in [2.05, 4.69) is 18.0 Å². The second-order valence-electron chi connectivity index (χ2n) is 4.50. The molecule has 6 nitrogen and oxygen atoms in total. The van der Waals surface area contributed by atoms with Crippen molar-refractivity contribution in [3.05, 3.63) is 28.7 Å². The van der Waals surface area contributed by atoms with Gasteiger partial charge >= 0.3 is 5.97 Å². The van der Waals surface area contributed by atoms with Crippen LogP contribution in [0.25, 0.3) is 0 Å². The second kappa shape index (κ2) is 7.57. The average Bonchev–Trinajstić information content (AvgIpc) is 2.63. The molecule has 1 heterocycles. The summed E-state index contributed by atoms with van der Waals surface area (Å²) in [5.41, 5.74) is 1.31. The zero-order chi connectivity index (χ0) is 16.0. The summed E-state index contributed by atoms with van der Waals surface area (Å²) in [6.07, 6.45) is 1.54. The number of aliphatic carboxylic acids is 1. The first-order valence-corrected chi connectivity index (χ1v) is 7.05. The molecule has 0 unspecified atom stereocenters. The van der Waals surface area contributed by atoms with E-state index in [1.807, 2.05) is 13.8 Å². The molecule has 1 amide bonds. The Balaban J connectivity index is 2.77. The Bertz CT molecular complexity index is 601. The number of aryl methyl sites for hydroxylation is 1. The van der Waals surface area contributed by atoms with Crippen molar-refractivity contribution in [3.8, 4) is 6.07 Å². The van der Waals surface area contributed by atoms with Gasteiger partial charge in [0.05, 0.1) is 18.7 Å². The molecule has 0 spiro atoms. The molecule has 0 saturated heterocycles. The van der Waals surface area contributed by atoms with E-state index in [9.17, 15) is 9.59 Å². The molecule has 1 aromatic rings. The molecule has 2 N–H and O–H groups in total. The topological polar surface area (TPSA) is 93.4 Å². The molecule has 0 aliphatic carbocycles. The summed E-state index contributed by atoms with van der Waals surface area (Å²) >= 11 is 1.34. The summed E-state index contributed by atoms with van der Waals surface area (Å²) < 4.78 is 0. The highest BCUT2D eigenvalue weighted by atomic mass is 32.1. The molecule has 7 heteroatoms. The molecule has 1 rings (SSSR count). The Morgan fingerprint density at radius 2 is 2.14 bits per heavy atom. The number of thiophene rings is 1. The fraction of sp³-hybridized carbons (Fsp3) is 0.357. The minimum atomic E-state index is -1.01. The molecule has 0 bridgehead atoms. The first-order valence-electron chi connectivity index (χ1n) is 6.24. The van der Waals surface area contributed by atoms with Gasteiger partial charge in [-0.1, -0.05) is 6.08 Å². The zero-order valence-corrected chi connectivity index (χ0v) is 12.8. The Morgan fingerprint density at radius 3 is 2.67 bits per heavy atom. The van der Waals surface area contributed by atoms with E-state index in [0.717, 1.165) is 10.4 Å². The van der Waals surface area contributed by atoms with E-state index < -0.39 is 5.97 Å². The lowest BCUT2D eigenvalue weighted by Crippen LogP contribution is -2.36. The minimum Gasteiger partial charge on any atom is -0.480 e. The van der Waals surface area contributed by atoms with Gasteiger partial charge in [0, 0.05) is 11.4 Å². The molecular weight excluding hydrogens is 290 g/mol. The Labute approximate surface area is 127 Å². The predicted octanol–water partition coefficient (Wildman–Crippen LogP) is 1.75. The lowest BCUT2D eigenvalue weighted by molar-refractivity contribution is -0.138. The maximum Gasteiger partial charge on any atom is 0.317 e. The SMILES string of the molecule is C=CCN(CC(=O)O)CC(=O)Nc1sc(C)c(C)c1C#N. The molecule has 0 fully saturated rings. The molecule has 21 heavy (non-hydrogen) atoms. The number of nitrogens with zero attached hydrogens (tertiary/aromatic N) is 2. The molecule has 0 aromatic carbocycles. The smallest absolute Gasteiger partial charge is 0.317 e. The van der Waals surface area contributed by atoms with E-state index in [4.69, 9.17) is 10.4 Å². The fourth-order valence-corrected chi connectivity index (χ4v) is 2.80. The summed E-state index contributed by atoms with van der Waals surface area (Å²) in [7, 11) is 0. The van der Waals surface area contributed by atoms with Crippen LogP contribution in [0.5, 0.6) is 0 Å². The first kappa shape index (κ1) is 16.9. The highest BCUT2D eigenvalue weighted by Gasteiger charge is 2.17. The first-order chi connectivity index (χ1) is 9.88. The van der Waals surface area contributed by atoms with Gasteiger partial charge in [-0.15, -0.1) is 17.9 Å². The van der Waals surface area contributed by atoms with Crippen LogP contribution in [0.1, 0.15) is 16.0 Å². The van der Waals surface area contributed by atoms with Crippen molar-refractivity contribution < 1.29 is 14.7 Å². The summed E-state index contributed by atoms with van der Waals surface area (Å²) in [6.45, 7) is 7.23. The van der Waals surface area contributed by atoms with Gasteiger partial charge in [-0.2, -0.15) is 5.26 Å². The molecule has 0 aliphatic heterocycles. The van der Waals surface area contributed by atoms with Crippen molar-refractivity contribution in [2.45, 2.75) is 13.8 Å². The van der Waals surface area contributed by atoms with Crippen LogP contribution in [0.4, 0.5) is 5.00 Å². The number of amides is 1. The van der Waals surface area contributed by atoms with Gasteiger partial charge in [-0.25, -0.2) is 0 Å². The summed E-state index contributed by atoms with van der Waals surface area (Å²) in [6, 6.07) is 2.07. The molecular formula is C14H17N3O3S. The van der Waals surface area contributed by atoms with Crippen molar-refractivity contribution in [2.75, 3.05) is 25.0 Å². The van der Waals surface area contributed by atoms with Gasteiger partial charge in [0.15, 0.2) is 0 Å². The largest absolute Gasteiger partial charge is 0.480 e. The second-order valence-corrected chi connectivity index (χ2v) is 5.72. The summed E-state index contributed by atoms with van der Waals surface area (Å²) in [5.74, 6) is -1.36. The third-order valence-corrected chi connectivity index (χ3v) is 3.99. The predicted molar refractivity (Wildman–Crippen MR) is 81.4 cm³/mol. The van der Waals surface area contributed by atoms with Crippen molar-refractivity contribution in [3.63, 3.8) is 0 Å².